The molecular formula is C29H46O. The van der Waals surface area contributed by atoms with E-state index in [1.165, 1.54) is 44.1 Å². The van der Waals surface area contributed by atoms with Gasteiger partial charge in [0.15, 0.2) is 0 Å². The van der Waals surface area contributed by atoms with Crippen LogP contribution in [-0.4, -0.2) is 11.2 Å². The predicted octanol–water partition coefficient (Wildman–Crippen LogP) is 7.72. The first-order valence-electron chi connectivity index (χ1n) is 12.9. The summed E-state index contributed by atoms with van der Waals surface area (Å²) in [6.45, 7) is 16.3. The molecule has 30 heavy (non-hydrogen) atoms. The van der Waals surface area contributed by atoms with Crippen LogP contribution in [0.1, 0.15) is 92.4 Å². The van der Waals surface area contributed by atoms with Crippen molar-refractivity contribution in [2.45, 2.75) is 98.5 Å². The normalized spacial score (nSPS) is 45.3. The Morgan fingerprint density at radius 3 is 2.63 bits per heavy atom. The molecule has 0 aromatic heterocycles. The monoisotopic (exact) mass is 410 g/mol. The van der Waals surface area contributed by atoms with Crippen LogP contribution < -0.4 is 0 Å². The van der Waals surface area contributed by atoms with E-state index in [-0.39, 0.29) is 6.10 Å². The zero-order valence-corrected chi connectivity index (χ0v) is 20.3. The highest BCUT2D eigenvalue weighted by molar-refractivity contribution is 5.25. The summed E-state index contributed by atoms with van der Waals surface area (Å²) in [5, 5.41) is 10.2. The Bertz CT molecular complexity index is 716. The van der Waals surface area contributed by atoms with Crippen LogP contribution in [0.15, 0.2) is 36.0 Å². The molecule has 0 aromatic rings. The Balaban J connectivity index is 1.53. The second-order valence-electron chi connectivity index (χ2n) is 12.0. The molecule has 0 saturated heterocycles. The topological polar surface area (TPSA) is 20.2 Å². The molecule has 3 fully saturated rings. The first-order chi connectivity index (χ1) is 14.2. The third kappa shape index (κ3) is 3.58. The van der Waals surface area contributed by atoms with Gasteiger partial charge in [0, 0.05) is 0 Å². The summed E-state index contributed by atoms with van der Waals surface area (Å²) in [4.78, 5) is 0. The van der Waals surface area contributed by atoms with Crippen molar-refractivity contribution in [1.29, 1.82) is 0 Å². The second-order valence-corrected chi connectivity index (χ2v) is 12.0. The van der Waals surface area contributed by atoms with Crippen molar-refractivity contribution in [3.63, 3.8) is 0 Å². The number of aliphatic hydroxyl groups excluding tert-OH is 1. The van der Waals surface area contributed by atoms with Crippen LogP contribution >= 0.6 is 0 Å². The molecule has 0 bridgehead atoms. The van der Waals surface area contributed by atoms with Crippen molar-refractivity contribution in [3.05, 3.63) is 36.0 Å². The number of aliphatic hydroxyl groups is 1. The Kier molecular flexibility index (Phi) is 6.17. The van der Waals surface area contributed by atoms with Crippen LogP contribution in [0.3, 0.4) is 0 Å². The van der Waals surface area contributed by atoms with Crippen molar-refractivity contribution in [2.75, 3.05) is 0 Å². The quantitative estimate of drug-likeness (QED) is 0.460. The Morgan fingerprint density at radius 2 is 1.93 bits per heavy atom. The molecule has 0 aliphatic heterocycles. The van der Waals surface area contributed by atoms with Gasteiger partial charge in [0.25, 0.3) is 0 Å². The van der Waals surface area contributed by atoms with E-state index in [9.17, 15) is 5.11 Å². The van der Waals surface area contributed by atoms with Crippen molar-refractivity contribution in [2.24, 2.45) is 46.3 Å². The summed E-state index contributed by atoms with van der Waals surface area (Å²) in [6.07, 6.45) is 18.7. The molecule has 1 heteroatoms. The van der Waals surface area contributed by atoms with E-state index < -0.39 is 0 Å². The van der Waals surface area contributed by atoms with E-state index in [1.807, 2.05) is 0 Å². The fraction of sp³-hybridized carbons (Fsp3) is 0.793. The minimum absolute atomic E-state index is 0.0932. The summed E-state index contributed by atoms with van der Waals surface area (Å²) in [5.41, 5.74) is 3.77. The van der Waals surface area contributed by atoms with Crippen molar-refractivity contribution >= 4 is 0 Å². The molecule has 4 aliphatic rings. The molecule has 0 radical (unpaired) electrons. The Labute approximate surface area is 186 Å². The highest BCUT2D eigenvalue weighted by Gasteiger charge is 2.58. The summed E-state index contributed by atoms with van der Waals surface area (Å²) in [7, 11) is 0. The van der Waals surface area contributed by atoms with Gasteiger partial charge in [0.1, 0.15) is 0 Å². The van der Waals surface area contributed by atoms with E-state index in [0.717, 1.165) is 42.9 Å². The van der Waals surface area contributed by atoms with Crippen LogP contribution in [0, 0.1) is 46.3 Å². The van der Waals surface area contributed by atoms with Crippen LogP contribution in [0.25, 0.3) is 0 Å². The third-order valence-corrected chi connectivity index (χ3v) is 10.5. The third-order valence-electron chi connectivity index (χ3n) is 10.5. The number of fused-ring (bicyclic) bond motifs is 5. The van der Waals surface area contributed by atoms with Gasteiger partial charge in [-0.15, -0.1) is 0 Å². The Hall–Kier alpha value is -0.820. The maximum atomic E-state index is 10.2. The molecular weight excluding hydrogens is 364 g/mol. The molecule has 168 valence electrons. The lowest BCUT2D eigenvalue weighted by atomic mass is 9.47. The van der Waals surface area contributed by atoms with Gasteiger partial charge in [-0.05, 0) is 111 Å². The number of hydrogen-bond acceptors (Lipinski definition) is 1. The van der Waals surface area contributed by atoms with Gasteiger partial charge in [-0.3, -0.25) is 0 Å². The average Bonchev–Trinajstić information content (AvgIpc) is 3.06. The first-order valence-corrected chi connectivity index (χ1v) is 12.9. The van der Waals surface area contributed by atoms with E-state index >= 15 is 0 Å². The zero-order valence-electron chi connectivity index (χ0n) is 20.3. The SMILES string of the molecule is C=C(C)[C@@H](/C=C\[C@@H](C)[C@H]1CC[C@H]2[C@@H]3CC=C4C[C@@H](O)CC[C@]4(C)[C@H]3CC[C@]12C)CC. The molecule has 4 rings (SSSR count). The lowest BCUT2D eigenvalue weighted by molar-refractivity contribution is -0.0540. The average molecular weight is 411 g/mol. The van der Waals surface area contributed by atoms with E-state index in [0.29, 0.717) is 22.7 Å². The van der Waals surface area contributed by atoms with Gasteiger partial charge >= 0.3 is 0 Å². The number of hydrogen-bond donors (Lipinski definition) is 1. The molecule has 4 aliphatic carbocycles. The smallest absolute Gasteiger partial charge is 0.0577 e. The summed E-state index contributed by atoms with van der Waals surface area (Å²) in [6, 6.07) is 0. The molecule has 3 saturated carbocycles. The molecule has 0 heterocycles. The fourth-order valence-corrected chi connectivity index (χ4v) is 8.64. The number of allylic oxidation sites excluding steroid dienone is 4. The standard InChI is InChI=1S/C29H46O/c1-7-21(19(2)3)9-8-20(4)25-12-13-26-24-11-10-22-18-23(30)14-16-28(22,5)27(24)15-17-29(25,26)6/h8-10,20-21,23-27,30H,2,7,11-18H2,1,3-6H3/b9-8-/t20-,21-,23+,24+,25-,26+,27+,28+,29-/m1/s1. The fourth-order valence-electron chi connectivity index (χ4n) is 8.64. The highest BCUT2D eigenvalue weighted by atomic mass is 16.3. The van der Waals surface area contributed by atoms with Gasteiger partial charge in [-0.2, -0.15) is 0 Å². The number of rotatable bonds is 5. The molecule has 1 N–H and O–H groups in total. The molecule has 0 amide bonds. The molecule has 0 aromatic carbocycles. The summed E-state index contributed by atoms with van der Waals surface area (Å²) in [5.74, 6) is 4.64. The van der Waals surface area contributed by atoms with Crippen LogP contribution in [0.2, 0.25) is 0 Å². The summed E-state index contributed by atoms with van der Waals surface area (Å²) < 4.78 is 0. The van der Waals surface area contributed by atoms with Crippen LogP contribution in [0.4, 0.5) is 0 Å². The van der Waals surface area contributed by atoms with E-state index in [4.69, 9.17) is 0 Å². The Morgan fingerprint density at radius 1 is 1.17 bits per heavy atom. The molecule has 9 atom stereocenters. The van der Waals surface area contributed by atoms with Crippen LogP contribution in [0.5, 0.6) is 0 Å². The van der Waals surface area contributed by atoms with Gasteiger partial charge in [0.2, 0.25) is 0 Å². The van der Waals surface area contributed by atoms with E-state index in [2.05, 4.69) is 59.4 Å². The molecule has 0 unspecified atom stereocenters. The maximum Gasteiger partial charge on any atom is 0.0577 e. The largest absolute Gasteiger partial charge is 0.393 e. The minimum atomic E-state index is -0.0932. The summed E-state index contributed by atoms with van der Waals surface area (Å²) >= 11 is 0. The van der Waals surface area contributed by atoms with Crippen LogP contribution in [-0.2, 0) is 0 Å². The van der Waals surface area contributed by atoms with Gasteiger partial charge in [-0.1, -0.05) is 63.6 Å². The minimum Gasteiger partial charge on any atom is -0.393 e. The zero-order chi connectivity index (χ0) is 21.7. The van der Waals surface area contributed by atoms with Gasteiger partial charge < -0.3 is 5.11 Å². The molecule has 0 spiro atoms. The lowest BCUT2D eigenvalue weighted by Crippen LogP contribution is -2.50. The van der Waals surface area contributed by atoms with E-state index in [1.54, 1.807) is 5.57 Å². The van der Waals surface area contributed by atoms with Crippen molar-refractivity contribution in [1.82, 2.24) is 0 Å². The van der Waals surface area contributed by atoms with Crippen molar-refractivity contribution < 1.29 is 5.11 Å². The van der Waals surface area contributed by atoms with Gasteiger partial charge in [0.05, 0.1) is 6.10 Å². The highest BCUT2D eigenvalue weighted by Crippen LogP contribution is 2.67. The van der Waals surface area contributed by atoms with Crippen molar-refractivity contribution in [3.8, 4) is 0 Å². The predicted molar refractivity (Wildman–Crippen MR) is 128 cm³/mol. The lowest BCUT2D eigenvalue weighted by Gasteiger charge is -2.58. The second kappa shape index (κ2) is 8.27. The molecule has 1 nitrogen and oxygen atoms in total. The first kappa shape index (κ1) is 22.4. The van der Waals surface area contributed by atoms with Gasteiger partial charge in [-0.25, -0.2) is 0 Å². The maximum absolute atomic E-state index is 10.2.